The van der Waals surface area contributed by atoms with Crippen molar-refractivity contribution in [1.82, 2.24) is 0 Å². The maximum Gasteiger partial charge on any atom is 0.336 e. The number of fused-ring (bicyclic) bond motifs is 1. The fourth-order valence-electron chi connectivity index (χ4n) is 1.97. The minimum absolute atomic E-state index is 0.0190. The zero-order valence-electron chi connectivity index (χ0n) is 8.86. The number of carboxylic acid groups (broad SMARTS) is 1. The van der Waals surface area contributed by atoms with Gasteiger partial charge in [-0.15, -0.1) is 0 Å². The van der Waals surface area contributed by atoms with Crippen LogP contribution in [0.25, 0.3) is 0 Å². The zero-order chi connectivity index (χ0) is 11.9. The summed E-state index contributed by atoms with van der Waals surface area (Å²) in [6, 6.07) is 3.07. The molecular weight excluding hydrogens is 208 g/mol. The number of carboxylic acids is 1. The molecule has 3 N–H and O–H groups in total. The van der Waals surface area contributed by atoms with Gasteiger partial charge in [0.2, 0.25) is 5.91 Å². The molecule has 5 heteroatoms. The van der Waals surface area contributed by atoms with Gasteiger partial charge in [-0.05, 0) is 24.1 Å². The number of hydrogen-bond donors (Lipinski definition) is 2. The number of rotatable bonds is 1. The first-order valence-corrected chi connectivity index (χ1v) is 4.93. The van der Waals surface area contributed by atoms with Crippen LogP contribution in [-0.4, -0.2) is 24.0 Å². The highest BCUT2D eigenvalue weighted by molar-refractivity contribution is 6.01. The Balaban J connectivity index is 2.65. The molecule has 0 unspecified atom stereocenters. The van der Waals surface area contributed by atoms with Gasteiger partial charge in [-0.2, -0.15) is 0 Å². The maximum absolute atomic E-state index is 11.5. The average molecular weight is 220 g/mol. The Kier molecular flexibility index (Phi) is 2.30. The minimum atomic E-state index is -1.01. The molecule has 5 nitrogen and oxygen atoms in total. The minimum Gasteiger partial charge on any atom is -0.478 e. The van der Waals surface area contributed by atoms with Crippen LogP contribution in [0.2, 0.25) is 0 Å². The third-order valence-electron chi connectivity index (χ3n) is 2.80. The van der Waals surface area contributed by atoms with Crippen LogP contribution in [0, 0.1) is 0 Å². The number of nitrogens with two attached hydrogens (primary N) is 1. The van der Waals surface area contributed by atoms with Gasteiger partial charge in [0.15, 0.2) is 0 Å². The Bertz CT molecular complexity index is 482. The van der Waals surface area contributed by atoms with Crippen LogP contribution in [0.5, 0.6) is 0 Å². The molecule has 0 saturated carbocycles. The highest BCUT2D eigenvalue weighted by Crippen LogP contribution is 2.31. The van der Waals surface area contributed by atoms with Crippen LogP contribution in [0.3, 0.4) is 0 Å². The molecule has 1 aliphatic rings. The number of carbonyl (C=O) groups is 2. The molecule has 1 aromatic carbocycles. The summed E-state index contributed by atoms with van der Waals surface area (Å²) >= 11 is 0. The van der Waals surface area contributed by atoms with Crippen molar-refractivity contribution in [2.45, 2.75) is 12.8 Å². The summed E-state index contributed by atoms with van der Waals surface area (Å²) in [5.74, 6) is -1.03. The summed E-state index contributed by atoms with van der Waals surface area (Å²) in [6.07, 6.45) is 0.800. The SMILES string of the molecule is CN1C(=O)CCc2c(C(=O)O)cc(N)cc21. The average Bonchev–Trinajstić information content (AvgIpc) is 2.23. The van der Waals surface area contributed by atoms with Gasteiger partial charge in [-0.25, -0.2) is 4.79 Å². The lowest BCUT2D eigenvalue weighted by atomic mass is 9.95. The lowest BCUT2D eigenvalue weighted by Gasteiger charge is -2.27. The summed E-state index contributed by atoms with van der Waals surface area (Å²) in [5, 5.41) is 9.06. The molecule has 1 amide bonds. The second-order valence-electron chi connectivity index (χ2n) is 3.82. The van der Waals surface area contributed by atoms with Crippen LogP contribution in [0.4, 0.5) is 11.4 Å². The quantitative estimate of drug-likeness (QED) is 0.688. The van der Waals surface area contributed by atoms with Crippen LogP contribution >= 0.6 is 0 Å². The van der Waals surface area contributed by atoms with E-state index in [0.29, 0.717) is 29.8 Å². The number of nitrogens with zero attached hydrogens (tertiary/aromatic N) is 1. The molecular formula is C11H12N2O3. The molecule has 1 heterocycles. The van der Waals surface area contributed by atoms with Crippen molar-refractivity contribution in [1.29, 1.82) is 0 Å². The van der Waals surface area contributed by atoms with Gasteiger partial charge in [-0.3, -0.25) is 4.79 Å². The zero-order valence-corrected chi connectivity index (χ0v) is 8.86. The molecule has 0 aliphatic carbocycles. The number of amides is 1. The smallest absolute Gasteiger partial charge is 0.336 e. The molecule has 0 bridgehead atoms. The summed E-state index contributed by atoms with van der Waals surface area (Å²) < 4.78 is 0. The Morgan fingerprint density at radius 2 is 2.12 bits per heavy atom. The van der Waals surface area contributed by atoms with Crippen molar-refractivity contribution in [3.05, 3.63) is 23.3 Å². The largest absolute Gasteiger partial charge is 0.478 e. The molecule has 0 saturated heterocycles. The van der Waals surface area contributed by atoms with Gasteiger partial charge < -0.3 is 15.7 Å². The molecule has 0 radical (unpaired) electrons. The monoisotopic (exact) mass is 220 g/mol. The van der Waals surface area contributed by atoms with Gasteiger partial charge in [0.05, 0.1) is 5.56 Å². The van der Waals surface area contributed by atoms with E-state index < -0.39 is 5.97 Å². The molecule has 0 fully saturated rings. The number of hydrogen-bond acceptors (Lipinski definition) is 3. The summed E-state index contributed by atoms with van der Waals surface area (Å²) in [5.41, 5.74) is 7.46. The van der Waals surface area contributed by atoms with Crippen LogP contribution in [-0.2, 0) is 11.2 Å². The Hall–Kier alpha value is -2.04. The first-order valence-electron chi connectivity index (χ1n) is 4.93. The highest BCUT2D eigenvalue weighted by atomic mass is 16.4. The number of aromatic carboxylic acids is 1. The Morgan fingerprint density at radius 1 is 1.44 bits per heavy atom. The number of carbonyl (C=O) groups excluding carboxylic acids is 1. The van der Waals surface area contributed by atoms with Crippen LogP contribution in [0.15, 0.2) is 12.1 Å². The lowest BCUT2D eigenvalue weighted by Crippen LogP contribution is -2.32. The molecule has 84 valence electrons. The van der Waals surface area contributed by atoms with E-state index in [4.69, 9.17) is 10.8 Å². The summed E-state index contributed by atoms with van der Waals surface area (Å²) in [6.45, 7) is 0. The fraction of sp³-hybridized carbons (Fsp3) is 0.273. The molecule has 2 rings (SSSR count). The second kappa shape index (κ2) is 3.52. The first-order chi connectivity index (χ1) is 7.50. The third-order valence-corrected chi connectivity index (χ3v) is 2.80. The molecule has 16 heavy (non-hydrogen) atoms. The normalized spacial score (nSPS) is 14.8. The van der Waals surface area contributed by atoms with E-state index in [-0.39, 0.29) is 11.5 Å². The Labute approximate surface area is 92.5 Å². The fourth-order valence-corrected chi connectivity index (χ4v) is 1.97. The van der Waals surface area contributed by atoms with Crippen molar-refractivity contribution < 1.29 is 14.7 Å². The van der Waals surface area contributed by atoms with Crippen molar-refractivity contribution in [3.63, 3.8) is 0 Å². The highest BCUT2D eigenvalue weighted by Gasteiger charge is 2.25. The maximum atomic E-state index is 11.5. The van der Waals surface area contributed by atoms with Crippen LogP contribution in [0.1, 0.15) is 22.3 Å². The van der Waals surface area contributed by atoms with E-state index in [0.717, 1.165) is 0 Å². The van der Waals surface area contributed by atoms with Gasteiger partial charge >= 0.3 is 5.97 Å². The number of benzene rings is 1. The van der Waals surface area contributed by atoms with Gasteiger partial charge in [-0.1, -0.05) is 0 Å². The molecule has 0 aromatic heterocycles. The number of nitrogen functional groups attached to an aromatic ring is 1. The molecule has 0 spiro atoms. The van der Waals surface area contributed by atoms with Crippen LogP contribution < -0.4 is 10.6 Å². The van der Waals surface area contributed by atoms with Gasteiger partial charge in [0.1, 0.15) is 0 Å². The predicted octanol–water partition coefficient (Wildman–Crippen LogP) is 0.876. The van der Waals surface area contributed by atoms with E-state index in [1.54, 1.807) is 13.1 Å². The van der Waals surface area contributed by atoms with Crippen molar-refractivity contribution in [3.8, 4) is 0 Å². The van der Waals surface area contributed by atoms with E-state index in [2.05, 4.69) is 0 Å². The second-order valence-corrected chi connectivity index (χ2v) is 3.82. The van der Waals surface area contributed by atoms with Gasteiger partial charge in [0.25, 0.3) is 0 Å². The van der Waals surface area contributed by atoms with Gasteiger partial charge in [0, 0.05) is 24.8 Å². The van der Waals surface area contributed by atoms with Crippen molar-refractivity contribution in [2.75, 3.05) is 17.7 Å². The van der Waals surface area contributed by atoms with E-state index in [1.807, 2.05) is 0 Å². The topological polar surface area (TPSA) is 83.6 Å². The third kappa shape index (κ3) is 1.50. The number of anilines is 2. The summed E-state index contributed by atoms with van der Waals surface area (Å²) in [4.78, 5) is 24.0. The molecule has 0 atom stereocenters. The molecule has 1 aromatic rings. The van der Waals surface area contributed by atoms with Crippen molar-refractivity contribution in [2.24, 2.45) is 0 Å². The van der Waals surface area contributed by atoms with E-state index in [9.17, 15) is 9.59 Å². The standard InChI is InChI=1S/C11H12N2O3/c1-13-9-5-6(12)4-8(11(15)16)7(9)2-3-10(13)14/h4-5H,2-3,12H2,1H3,(H,15,16). The van der Waals surface area contributed by atoms with Crippen molar-refractivity contribution >= 4 is 23.3 Å². The molecule has 1 aliphatic heterocycles. The predicted molar refractivity (Wildman–Crippen MR) is 59.5 cm³/mol. The van der Waals surface area contributed by atoms with E-state index >= 15 is 0 Å². The van der Waals surface area contributed by atoms with E-state index in [1.165, 1.54) is 11.0 Å². The Morgan fingerprint density at radius 3 is 2.75 bits per heavy atom. The lowest BCUT2D eigenvalue weighted by molar-refractivity contribution is -0.118. The summed E-state index contributed by atoms with van der Waals surface area (Å²) in [7, 11) is 1.63. The first kappa shape index (κ1) is 10.5.